The molecule has 0 aliphatic rings. The molecule has 0 spiro atoms. The number of anilines is 1. The van der Waals surface area contributed by atoms with E-state index in [9.17, 15) is 4.79 Å². The molecule has 1 aromatic carbocycles. The minimum absolute atomic E-state index is 0.00484. The minimum atomic E-state index is -0.298. The molecule has 0 aromatic heterocycles. The molecule has 2 unspecified atom stereocenters. The van der Waals surface area contributed by atoms with Gasteiger partial charge in [0.1, 0.15) is 0 Å². The first kappa shape index (κ1) is 15.5. The highest BCUT2D eigenvalue weighted by molar-refractivity contribution is 5.67. The number of carbonyl (C=O) groups excluding carboxylic acids is 1. The maximum Gasteiger partial charge on any atom is 0.304 e. The van der Waals surface area contributed by atoms with Crippen LogP contribution < -0.4 is 10.6 Å². The summed E-state index contributed by atoms with van der Waals surface area (Å²) in [4.78, 5) is 13.2. The highest BCUT2D eigenvalue weighted by Gasteiger charge is 2.19. The molecule has 2 atom stereocenters. The lowest BCUT2D eigenvalue weighted by Gasteiger charge is -2.32. The molecule has 106 valence electrons. The van der Waals surface area contributed by atoms with Crippen LogP contribution in [0.1, 0.15) is 45.7 Å². The third-order valence-electron chi connectivity index (χ3n) is 3.20. The summed E-state index contributed by atoms with van der Waals surface area (Å²) in [7, 11) is 0. The van der Waals surface area contributed by atoms with Crippen molar-refractivity contribution in [3.05, 3.63) is 29.8 Å². The second-order valence-electron chi connectivity index (χ2n) is 4.57. The fourth-order valence-electron chi connectivity index (χ4n) is 2.21. The molecule has 0 aliphatic carbocycles. The van der Waals surface area contributed by atoms with Gasteiger partial charge in [0.25, 0.3) is 0 Å². The fraction of sp³-hybridized carbons (Fsp3) is 0.533. The van der Waals surface area contributed by atoms with E-state index in [1.807, 2.05) is 43.0 Å². The smallest absolute Gasteiger partial charge is 0.304 e. The molecule has 0 radical (unpaired) electrons. The molecule has 2 N–H and O–H groups in total. The van der Waals surface area contributed by atoms with Crippen molar-refractivity contribution in [2.45, 2.75) is 46.4 Å². The van der Waals surface area contributed by atoms with Crippen molar-refractivity contribution >= 4 is 11.7 Å². The maximum atomic E-state index is 11.1. The van der Waals surface area contributed by atoms with E-state index in [1.54, 1.807) is 0 Å². The molecule has 0 fully saturated rings. The van der Waals surface area contributed by atoms with Crippen LogP contribution in [0.3, 0.4) is 0 Å². The lowest BCUT2D eigenvalue weighted by molar-refractivity contribution is -0.145. The molecule has 0 saturated carbocycles. The Balaban J connectivity index is 3.07. The minimum Gasteiger partial charge on any atom is -0.442 e. The summed E-state index contributed by atoms with van der Waals surface area (Å²) >= 11 is 0. The second-order valence-corrected chi connectivity index (χ2v) is 4.57. The van der Waals surface area contributed by atoms with Gasteiger partial charge in [-0.25, -0.2) is 0 Å². The van der Waals surface area contributed by atoms with Gasteiger partial charge in [-0.3, -0.25) is 4.79 Å². The van der Waals surface area contributed by atoms with E-state index >= 15 is 0 Å². The molecule has 0 heterocycles. The van der Waals surface area contributed by atoms with Gasteiger partial charge in [-0.15, -0.1) is 0 Å². The largest absolute Gasteiger partial charge is 0.442 e. The number of ether oxygens (including phenoxy) is 1. The summed E-state index contributed by atoms with van der Waals surface area (Å²) in [6, 6.07) is 8.01. The Kier molecular flexibility index (Phi) is 5.83. The number of benzene rings is 1. The zero-order valence-electron chi connectivity index (χ0n) is 12.2. The van der Waals surface area contributed by atoms with Crippen LogP contribution in [0, 0.1) is 0 Å². The Hall–Kier alpha value is -1.55. The summed E-state index contributed by atoms with van der Waals surface area (Å²) in [5, 5.41) is 0. The van der Waals surface area contributed by atoms with Gasteiger partial charge in [-0.2, -0.15) is 0 Å². The van der Waals surface area contributed by atoms with Crippen LogP contribution in [0.25, 0.3) is 0 Å². The van der Waals surface area contributed by atoms with E-state index in [-0.39, 0.29) is 18.2 Å². The van der Waals surface area contributed by atoms with Crippen LogP contribution >= 0.6 is 0 Å². The van der Waals surface area contributed by atoms with Gasteiger partial charge in [0.15, 0.2) is 6.23 Å². The Bertz CT molecular complexity index is 420. The maximum absolute atomic E-state index is 11.1. The van der Waals surface area contributed by atoms with Crippen LogP contribution in [0.2, 0.25) is 0 Å². The number of nitrogens with zero attached hydrogens (tertiary/aromatic N) is 1. The zero-order chi connectivity index (χ0) is 14.4. The molecule has 0 saturated heterocycles. The van der Waals surface area contributed by atoms with Crippen molar-refractivity contribution in [3.63, 3.8) is 0 Å². The van der Waals surface area contributed by atoms with Crippen LogP contribution in [-0.2, 0) is 9.53 Å². The van der Waals surface area contributed by atoms with Crippen LogP contribution in [0.15, 0.2) is 24.3 Å². The molecule has 4 heteroatoms. The number of rotatable bonds is 6. The van der Waals surface area contributed by atoms with Crippen molar-refractivity contribution in [2.75, 3.05) is 11.4 Å². The van der Waals surface area contributed by atoms with Crippen LogP contribution in [0.4, 0.5) is 5.69 Å². The summed E-state index contributed by atoms with van der Waals surface area (Å²) in [5.74, 6) is -0.275. The van der Waals surface area contributed by atoms with Crippen molar-refractivity contribution in [2.24, 2.45) is 5.73 Å². The van der Waals surface area contributed by atoms with E-state index in [0.29, 0.717) is 0 Å². The zero-order valence-corrected chi connectivity index (χ0v) is 12.2. The summed E-state index contributed by atoms with van der Waals surface area (Å²) in [6.45, 7) is 8.15. The molecular formula is C15H24N2O2. The number of para-hydroxylation sites is 1. The van der Waals surface area contributed by atoms with Crippen LogP contribution in [0.5, 0.6) is 0 Å². The number of hydrogen-bond donors (Lipinski definition) is 1. The van der Waals surface area contributed by atoms with Gasteiger partial charge in [-0.1, -0.05) is 25.1 Å². The molecule has 4 nitrogen and oxygen atoms in total. The molecule has 0 aliphatic heterocycles. The predicted octanol–water partition coefficient (Wildman–Crippen LogP) is 2.83. The lowest BCUT2D eigenvalue weighted by Crippen LogP contribution is -2.37. The Morgan fingerprint density at radius 1 is 1.37 bits per heavy atom. The summed E-state index contributed by atoms with van der Waals surface area (Å²) in [5.41, 5.74) is 8.28. The molecular weight excluding hydrogens is 240 g/mol. The van der Waals surface area contributed by atoms with E-state index in [1.165, 1.54) is 6.92 Å². The monoisotopic (exact) mass is 264 g/mol. The fourth-order valence-corrected chi connectivity index (χ4v) is 2.21. The van der Waals surface area contributed by atoms with Gasteiger partial charge in [0, 0.05) is 25.2 Å². The average molecular weight is 264 g/mol. The van der Waals surface area contributed by atoms with Gasteiger partial charge in [0.2, 0.25) is 0 Å². The quantitative estimate of drug-likeness (QED) is 0.634. The summed E-state index contributed by atoms with van der Waals surface area (Å²) in [6.07, 6.45) is 0.573. The van der Waals surface area contributed by atoms with E-state index < -0.39 is 0 Å². The number of esters is 1. The number of carbonyl (C=O) groups is 1. The van der Waals surface area contributed by atoms with Crippen molar-refractivity contribution in [1.29, 1.82) is 0 Å². The van der Waals surface area contributed by atoms with Gasteiger partial charge >= 0.3 is 5.97 Å². The van der Waals surface area contributed by atoms with E-state index in [2.05, 4.69) is 6.92 Å². The molecule has 1 rings (SSSR count). The normalized spacial score (nSPS) is 13.7. The Labute approximate surface area is 115 Å². The first-order valence-electron chi connectivity index (χ1n) is 6.79. The second kappa shape index (κ2) is 7.14. The predicted molar refractivity (Wildman–Crippen MR) is 77.9 cm³/mol. The van der Waals surface area contributed by atoms with Gasteiger partial charge < -0.3 is 15.4 Å². The topological polar surface area (TPSA) is 55.6 Å². The number of hydrogen-bond acceptors (Lipinski definition) is 4. The van der Waals surface area contributed by atoms with Crippen molar-refractivity contribution in [1.82, 2.24) is 0 Å². The highest BCUT2D eigenvalue weighted by atomic mass is 16.6. The van der Waals surface area contributed by atoms with Gasteiger partial charge in [-0.05, 0) is 31.9 Å². The van der Waals surface area contributed by atoms with E-state index in [0.717, 1.165) is 24.2 Å². The van der Waals surface area contributed by atoms with Gasteiger partial charge in [0.05, 0.1) is 0 Å². The third kappa shape index (κ3) is 3.96. The lowest BCUT2D eigenvalue weighted by atomic mass is 10.0. The first-order chi connectivity index (χ1) is 9.01. The Morgan fingerprint density at radius 2 is 2.00 bits per heavy atom. The van der Waals surface area contributed by atoms with Crippen molar-refractivity contribution in [3.8, 4) is 0 Å². The van der Waals surface area contributed by atoms with Crippen molar-refractivity contribution < 1.29 is 9.53 Å². The first-order valence-corrected chi connectivity index (χ1v) is 6.79. The molecule has 0 amide bonds. The molecule has 0 bridgehead atoms. The Morgan fingerprint density at radius 3 is 2.53 bits per heavy atom. The van der Waals surface area contributed by atoms with E-state index in [4.69, 9.17) is 10.5 Å². The summed E-state index contributed by atoms with van der Waals surface area (Å²) < 4.78 is 5.27. The highest BCUT2D eigenvalue weighted by Crippen LogP contribution is 2.28. The van der Waals surface area contributed by atoms with Crippen LogP contribution in [-0.4, -0.2) is 18.7 Å². The molecule has 19 heavy (non-hydrogen) atoms. The average Bonchev–Trinajstić information content (AvgIpc) is 2.38. The molecule has 1 aromatic rings. The SMILES string of the molecule is CCC(N)c1ccccc1N(CC)C(C)OC(C)=O. The number of nitrogens with two attached hydrogens (primary N) is 1. The standard InChI is InChI=1S/C15H24N2O2/c1-5-14(16)13-9-7-8-10-15(13)17(6-2)11(3)19-12(4)18/h7-11,14H,5-6,16H2,1-4H3. The third-order valence-corrected chi connectivity index (χ3v) is 3.20.